The first kappa shape index (κ1) is 8.57. The summed E-state index contributed by atoms with van der Waals surface area (Å²) in [6.07, 6.45) is 7.35. The second-order valence-corrected chi connectivity index (χ2v) is 5.84. The van der Waals surface area contributed by atoms with Crippen molar-refractivity contribution in [1.82, 2.24) is 5.06 Å². The topological polar surface area (TPSA) is 24.8 Å². The summed E-state index contributed by atoms with van der Waals surface area (Å²) >= 11 is 0. The van der Waals surface area contributed by atoms with Gasteiger partial charge in [-0.2, -0.15) is 0 Å². The number of hydrogen-bond acceptors (Lipinski definition) is 3. The highest BCUT2D eigenvalue weighted by atomic mass is 16.7. The van der Waals surface area contributed by atoms with Crippen LogP contribution in [0.1, 0.15) is 39.0 Å². The Labute approximate surface area is 90.5 Å². The highest BCUT2D eigenvalue weighted by Crippen LogP contribution is 2.51. The van der Waals surface area contributed by atoms with Crippen molar-refractivity contribution < 1.29 is 4.84 Å². The summed E-state index contributed by atoms with van der Waals surface area (Å²) in [6, 6.07) is 0.660. The fraction of sp³-hybridized carbons (Fsp3) is 0.917. The number of hydroxylamine groups is 2. The lowest BCUT2D eigenvalue weighted by Crippen LogP contribution is -2.39. The van der Waals surface area contributed by atoms with Crippen LogP contribution in [0.2, 0.25) is 0 Å². The van der Waals surface area contributed by atoms with Crippen LogP contribution in [0.4, 0.5) is 0 Å². The van der Waals surface area contributed by atoms with E-state index in [1.807, 2.05) is 6.92 Å². The number of nitrogens with zero attached hydrogens (tertiary/aromatic N) is 2. The lowest BCUT2D eigenvalue weighted by Gasteiger charge is -2.38. The minimum Gasteiger partial charge on any atom is -0.389 e. The smallest absolute Gasteiger partial charge is 0.208 e. The molecule has 5 rings (SSSR count). The molecule has 0 aromatic heterocycles. The van der Waals surface area contributed by atoms with Crippen molar-refractivity contribution in [2.75, 3.05) is 0 Å². The van der Waals surface area contributed by atoms with Crippen LogP contribution in [0.15, 0.2) is 4.99 Å². The largest absolute Gasteiger partial charge is 0.389 e. The Morgan fingerprint density at radius 2 is 1.87 bits per heavy atom. The van der Waals surface area contributed by atoms with E-state index in [0.717, 1.165) is 23.7 Å². The molecule has 2 aliphatic carbocycles. The number of rotatable bonds is 0. The zero-order valence-corrected chi connectivity index (χ0v) is 9.22. The molecule has 15 heavy (non-hydrogen) atoms. The fourth-order valence-electron chi connectivity index (χ4n) is 4.40. The number of aliphatic imine (C=N–C) groups is 1. The van der Waals surface area contributed by atoms with Gasteiger partial charge in [0.1, 0.15) is 6.17 Å². The summed E-state index contributed by atoms with van der Waals surface area (Å²) in [5, 5.41) is 2.24. The summed E-state index contributed by atoms with van der Waals surface area (Å²) in [5.41, 5.74) is 0. The molecule has 3 atom stereocenters. The second-order valence-electron chi connectivity index (χ2n) is 5.84. The van der Waals surface area contributed by atoms with Crippen molar-refractivity contribution in [2.45, 2.75) is 51.2 Å². The van der Waals surface area contributed by atoms with E-state index in [9.17, 15) is 0 Å². The minimum absolute atomic E-state index is 0.366. The van der Waals surface area contributed by atoms with Gasteiger partial charge in [-0.05, 0) is 49.9 Å². The van der Waals surface area contributed by atoms with Crippen molar-refractivity contribution in [2.24, 2.45) is 22.7 Å². The maximum absolute atomic E-state index is 5.81. The van der Waals surface area contributed by atoms with Crippen molar-refractivity contribution >= 4 is 5.90 Å². The fourth-order valence-corrected chi connectivity index (χ4v) is 4.40. The standard InChI is InChI=1S/C12H18N2O/c1-7-13-12-10-3-8-2-9(4-10)6-11(5-8)14(12)15-7/h8-12H,2-6H2,1H3. The summed E-state index contributed by atoms with van der Waals surface area (Å²) in [7, 11) is 0. The van der Waals surface area contributed by atoms with Crippen LogP contribution >= 0.6 is 0 Å². The molecule has 0 aromatic rings. The Balaban J connectivity index is 1.75. The van der Waals surface area contributed by atoms with Crippen LogP contribution in [0.25, 0.3) is 0 Å². The quantitative estimate of drug-likeness (QED) is 0.607. The molecule has 0 aromatic carbocycles. The minimum atomic E-state index is 0.366. The van der Waals surface area contributed by atoms with Gasteiger partial charge in [0.05, 0.1) is 0 Å². The van der Waals surface area contributed by atoms with Gasteiger partial charge in [0.25, 0.3) is 0 Å². The predicted molar refractivity (Wildman–Crippen MR) is 57.2 cm³/mol. The maximum Gasteiger partial charge on any atom is 0.208 e. The lowest BCUT2D eigenvalue weighted by molar-refractivity contribution is -0.126. The molecule has 3 heterocycles. The average molecular weight is 206 g/mol. The summed E-state index contributed by atoms with van der Waals surface area (Å²) in [4.78, 5) is 10.5. The van der Waals surface area contributed by atoms with Gasteiger partial charge >= 0.3 is 0 Å². The van der Waals surface area contributed by atoms with E-state index >= 15 is 0 Å². The molecule has 0 spiro atoms. The summed E-state index contributed by atoms with van der Waals surface area (Å²) in [6.45, 7) is 1.99. The molecule has 3 unspecified atom stereocenters. The molecule has 0 amide bonds. The van der Waals surface area contributed by atoms with E-state index in [-0.39, 0.29) is 0 Å². The van der Waals surface area contributed by atoms with Gasteiger partial charge in [-0.3, -0.25) is 0 Å². The monoisotopic (exact) mass is 206 g/mol. The molecule has 5 aliphatic rings. The molecule has 0 N–H and O–H groups in total. The van der Waals surface area contributed by atoms with Crippen molar-refractivity contribution in [3.05, 3.63) is 0 Å². The second kappa shape index (κ2) is 2.76. The van der Waals surface area contributed by atoms with Crippen LogP contribution in [-0.2, 0) is 4.84 Å². The average Bonchev–Trinajstić information content (AvgIpc) is 2.52. The Morgan fingerprint density at radius 3 is 2.60 bits per heavy atom. The third kappa shape index (κ3) is 1.13. The van der Waals surface area contributed by atoms with E-state index < -0.39 is 0 Å². The highest BCUT2D eigenvalue weighted by Gasteiger charge is 2.50. The summed E-state index contributed by atoms with van der Waals surface area (Å²) in [5.74, 6) is 3.60. The molecule has 3 heteroatoms. The Bertz CT molecular complexity index is 314. The first-order valence-electron chi connectivity index (χ1n) is 6.30. The molecule has 4 fully saturated rings. The zero-order valence-electron chi connectivity index (χ0n) is 9.22. The van der Waals surface area contributed by atoms with E-state index in [0.29, 0.717) is 12.2 Å². The van der Waals surface area contributed by atoms with Gasteiger partial charge in [-0.25, -0.2) is 4.99 Å². The molecular weight excluding hydrogens is 188 g/mol. The Kier molecular flexibility index (Phi) is 1.58. The lowest BCUT2D eigenvalue weighted by atomic mass is 9.68. The van der Waals surface area contributed by atoms with Crippen LogP contribution in [-0.4, -0.2) is 23.2 Å². The molecule has 3 nitrogen and oxygen atoms in total. The molecule has 2 saturated heterocycles. The van der Waals surface area contributed by atoms with Gasteiger partial charge in [0.15, 0.2) is 0 Å². The maximum atomic E-state index is 5.81. The third-order valence-corrected chi connectivity index (χ3v) is 4.74. The Hall–Kier alpha value is -0.570. The molecule has 82 valence electrons. The Morgan fingerprint density at radius 1 is 1.13 bits per heavy atom. The van der Waals surface area contributed by atoms with Gasteiger partial charge in [-0.15, -0.1) is 5.06 Å². The van der Waals surface area contributed by atoms with Gasteiger partial charge in [0, 0.05) is 13.0 Å². The first-order valence-corrected chi connectivity index (χ1v) is 6.30. The van der Waals surface area contributed by atoms with E-state index in [2.05, 4.69) is 10.1 Å². The van der Waals surface area contributed by atoms with E-state index in [1.165, 1.54) is 32.1 Å². The van der Waals surface area contributed by atoms with Gasteiger partial charge < -0.3 is 4.84 Å². The van der Waals surface area contributed by atoms with Crippen molar-refractivity contribution in [3.8, 4) is 0 Å². The van der Waals surface area contributed by atoms with Crippen LogP contribution in [0.3, 0.4) is 0 Å². The van der Waals surface area contributed by atoms with E-state index in [1.54, 1.807) is 0 Å². The van der Waals surface area contributed by atoms with Crippen LogP contribution < -0.4 is 0 Å². The zero-order chi connectivity index (χ0) is 9.99. The van der Waals surface area contributed by atoms with Crippen molar-refractivity contribution in [1.29, 1.82) is 0 Å². The first-order chi connectivity index (χ1) is 7.29. The normalized spacial score (nSPS) is 52.3. The molecule has 2 saturated carbocycles. The molecule has 0 radical (unpaired) electrons. The molecule has 3 aliphatic heterocycles. The van der Waals surface area contributed by atoms with Crippen molar-refractivity contribution in [3.63, 3.8) is 0 Å². The van der Waals surface area contributed by atoms with Gasteiger partial charge in [0.2, 0.25) is 5.90 Å². The van der Waals surface area contributed by atoms with Crippen LogP contribution in [0, 0.1) is 17.8 Å². The summed E-state index contributed by atoms with van der Waals surface area (Å²) < 4.78 is 0. The third-order valence-electron chi connectivity index (χ3n) is 4.74. The molecular formula is C12H18N2O. The molecule has 4 bridgehead atoms. The highest BCUT2D eigenvalue weighted by molar-refractivity contribution is 5.74. The van der Waals surface area contributed by atoms with Gasteiger partial charge in [-0.1, -0.05) is 0 Å². The van der Waals surface area contributed by atoms with E-state index in [4.69, 9.17) is 4.84 Å². The SMILES string of the molecule is CC1=NC2C3CC4CC(C3)CC(C4)N2O1. The van der Waals surface area contributed by atoms with Crippen LogP contribution in [0.5, 0.6) is 0 Å². The predicted octanol–water partition coefficient (Wildman–Crippen LogP) is 2.19. The number of hydrogen-bond donors (Lipinski definition) is 0.